The molecular weight excluding hydrogens is 370 g/mol. The summed E-state index contributed by atoms with van der Waals surface area (Å²) in [7, 11) is 2.15. The summed E-state index contributed by atoms with van der Waals surface area (Å²) in [6.45, 7) is 6.84. The number of benzene rings is 1. The van der Waals surface area contributed by atoms with E-state index in [0.29, 0.717) is 5.91 Å². The lowest BCUT2D eigenvalue weighted by molar-refractivity contribution is -0.133. The van der Waals surface area contributed by atoms with Crippen molar-refractivity contribution in [2.24, 2.45) is 11.3 Å². The van der Waals surface area contributed by atoms with E-state index in [0.717, 1.165) is 82.1 Å². The van der Waals surface area contributed by atoms with Crippen LogP contribution in [-0.2, 0) is 4.79 Å². The van der Waals surface area contributed by atoms with Crippen molar-refractivity contribution in [3.05, 3.63) is 40.9 Å². The fraction of sp³-hybridized carbons (Fsp3) is 0.609. The van der Waals surface area contributed by atoms with E-state index in [1.165, 1.54) is 0 Å². The monoisotopic (exact) mass is 401 g/mol. The van der Waals surface area contributed by atoms with Crippen LogP contribution in [0.5, 0.6) is 0 Å². The summed E-state index contributed by atoms with van der Waals surface area (Å²) >= 11 is 6.50. The Balaban J connectivity index is 1.26. The van der Waals surface area contributed by atoms with Crippen LogP contribution in [0.2, 0.25) is 0 Å². The van der Waals surface area contributed by atoms with Crippen molar-refractivity contribution in [1.82, 2.24) is 14.7 Å². The number of piperidine rings is 1. The Hall–Kier alpha value is -1.36. The minimum absolute atomic E-state index is 0.272. The quantitative estimate of drug-likeness (QED) is 0.772. The van der Waals surface area contributed by atoms with Gasteiger partial charge in [-0.1, -0.05) is 41.9 Å². The van der Waals surface area contributed by atoms with E-state index in [2.05, 4.69) is 40.0 Å². The number of rotatable bonds is 4. The summed E-state index contributed by atoms with van der Waals surface area (Å²) in [5, 5.41) is 0.888. The first kappa shape index (κ1) is 19.9. The third-order valence-corrected chi connectivity index (χ3v) is 7.10. The van der Waals surface area contributed by atoms with Crippen LogP contribution in [0.3, 0.4) is 0 Å². The number of hydrogen-bond acceptors (Lipinski definition) is 3. The molecule has 3 fully saturated rings. The standard InChI is InChI=1S/C23H32ClN3O/c1-25-10-5-11-27(15-14-25)22(28)21-17-23(21)8-12-26(13-9-23)18-20(24)16-19-6-3-2-4-7-19/h2-4,6-7,16,21H,5,8-15,17-18H2,1H3/b20-16-/t21-/m1/s1. The number of carbonyl (C=O) groups excluding carboxylic acids is 1. The van der Waals surface area contributed by atoms with Crippen LogP contribution in [0, 0.1) is 11.3 Å². The van der Waals surface area contributed by atoms with Gasteiger partial charge in [0.15, 0.2) is 0 Å². The Morgan fingerprint density at radius 3 is 2.61 bits per heavy atom. The molecule has 2 heterocycles. The normalized spacial score (nSPS) is 26.3. The topological polar surface area (TPSA) is 26.8 Å². The average Bonchev–Trinajstić information content (AvgIpc) is 3.44. The largest absolute Gasteiger partial charge is 0.341 e. The molecular formula is C23H32ClN3O. The Labute approximate surface area is 174 Å². The molecule has 1 atom stereocenters. The van der Waals surface area contributed by atoms with E-state index in [4.69, 9.17) is 11.6 Å². The fourth-order valence-electron chi connectivity index (χ4n) is 4.88. The summed E-state index contributed by atoms with van der Waals surface area (Å²) < 4.78 is 0. The molecule has 1 aliphatic carbocycles. The van der Waals surface area contributed by atoms with Crippen molar-refractivity contribution < 1.29 is 4.79 Å². The van der Waals surface area contributed by atoms with Crippen LogP contribution < -0.4 is 0 Å². The third-order valence-electron chi connectivity index (χ3n) is 6.87. The van der Waals surface area contributed by atoms with Crippen LogP contribution in [0.25, 0.3) is 6.08 Å². The first-order valence-corrected chi connectivity index (χ1v) is 11.0. The minimum atomic E-state index is 0.272. The van der Waals surface area contributed by atoms with Crippen molar-refractivity contribution in [2.75, 3.05) is 52.9 Å². The SMILES string of the molecule is CN1CCCN(C(=O)[C@H]2CC23CCN(C/C(Cl)=C/c2ccccc2)CC3)CC1. The lowest BCUT2D eigenvalue weighted by Gasteiger charge is -2.33. The zero-order valence-corrected chi connectivity index (χ0v) is 17.7. The summed E-state index contributed by atoms with van der Waals surface area (Å²) in [5.41, 5.74) is 1.43. The highest BCUT2D eigenvalue weighted by molar-refractivity contribution is 6.31. The van der Waals surface area contributed by atoms with Gasteiger partial charge < -0.3 is 9.80 Å². The molecule has 2 saturated heterocycles. The predicted octanol–water partition coefficient (Wildman–Crippen LogP) is 3.53. The van der Waals surface area contributed by atoms with Crippen molar-refractivity contribution in [2.45, 2.75) is 25.7 Å². The molecule has 1 aromatic rings. The van der Waals surface area contributed by atoms with Gasteiger partial charge in [0.25, 0.3) is 0 Å². The Bertz CT molecular complexity index is 712. The van der Waals surface area contributed by atoms with Crippen molar-refractivity contribution in [3.8, 4) is 0 Å². The van der Waals surface area contributed by atoms with Gasteiger partial charge in [0, 0.05) is 37.1 Å². The number of halogens is 1. The van der Waals surface area contributed by atoms with Crippen LogP contribution in [0.1, 0.15) is 31.2 Å². The highest BCUT2D eigenvalue weighted by atomic mass is 35.5. The molecule has 1 amide bonds. The van der Waals surface area contributed by atoms with Crippen LogP contribution in [0.15, 0.2) is 35.4 Å². The highest BCUT2D eigenvalue weighted by Crippen LogP contribution is 2.60. The van der Waals surface area contributed by atoms with Gasteiger partial charge in [-0.25, -0.2) is 0 Å². The summed E-state index contributed by atoms with van der Waals surface area (Å²) in [5.74, 6) is 0.694. The lowest BCUT2D eigenvalue weighted by Crippen LogP contribution is -2.40. The van der Waals surface area contributed by atoms with Gasteiger partial charge in [-0.05, 0) is 69.4 Å². The zero-order chi connectivity index (χ0) is 19.6. The number of nitrogens with zero attached hydrogens (tertiary/aromatic N) is 3. The zero-order valence-electron chi connectivity index (χ0n) is 16.9. The molecule has 152 valence electrons. The van der Waals surface area contributed by atoms with Crippen molar-refractivity contribution in [1.29, 1.82) is 0 Å². The van der Waals surface area contributed by atoms with E-state index in [1.807, 2.05) is 18.2 Å². The molecule has 28 heavy (non-hydrogen) atoms. The maximum atomic E-state index is 13.0. The molecule has 1 spiro atoms. The summed E-state index contributed by atoms with van der Waals surface area (Å²) in [4.78, 5) is 19.9. The average molecular weight is 402 g/mol. The van der Waals surface area contributed by atoms with Gasteiger partial charge in [-0.15, -0.1) is 0 Å². The van der Waals surface area contributed by atoms with Crippen LogP contribution in [0.4, 0.5) is 0 Å². The Kier molecular flexibility index (Phi) is 6.10. The van der Waals surface area contributed by atoms with E-state index >= 15 is 0 Å². The van der Waals surface area contributed by atoms with E-state index in [9.17, 15) is 4.79 Å². The molecule has 5 heteroatoms. The second-order valence-electron chi connectivity index (χ2n) is 8.88. The molecule has 1 aromatic carbocycles. The predicted molar refractivity (Wildman–Crippen MR) is 115 cm³/mol. The van der Waals surface area contributed by atoms with E-state index in [1.54, 1.807) is 0 Å². The number of carbonyl (C=O) groups is 1. The number of likely N-dealkylation sites (tertiary alicyclic amines) is 1. The molecule has 0 radical (unpaired) electrons. The highest BCUT2D eigenvalue weighted by Gasteiger charge is 2.59. The Morgan fingerprint density at radius 2 is 1.86 bits per heavy atom. The van der Waals surface area contributed by atoms with Crippen molar-refractivity contribution in [3.63, 3.8) is 0 Å². The number of likely N-dealkylation sites (N-methyl/N-ethyl adjacent to an activating group) is 1. The Morgan fingerprint density at radius 1 is 1.11 bits per heavy atom. The van der Waals surface area contributed by atoms with Crippen LogP contribution >= 0.6 is 11.6 Å². The van der Waals surface area contributed by atoms with Gasteiger partial charge in [0.2, 0.25) is 5.91 Å². The molecule has 0 aromatic heterocycles. The first-order chi connectivity index (χ1) is 13.6. The molecule has 2 aliphatic heterocycles. The maximum Gasteiger partial charge on any atom is 0.226 e. The second-order valence-corrected chi connectivity index (χ2v) is 9.36. The van der Waals surface area contributed by atoms with Gasteiger partial charge in [0.1, 0.15) is 0 Å². The molecule has 0 N–H and O–H groups in total. The molecule has 4 nitrogen and oxygen atoms in total. The summed E-state index contributed by atoms with van der Waals surface area (Å²) in [6.07, 6.45) is 6.52. The molecule has 4 rings (SSSR count). The maximum absolute atomic E-state index is 13.0. The first-order valence-electron chi connectivity index (χ1n) is 10.7. The van der Waals surface area contributed by atoms with Crippen LogP contribution in [-0.4, -0.2) is 73.5 Å². The molecule has 0 unspecified atom stereocenters. The van der Waals surface area contributed by atoms with Gasteiger partial charge >= 0.3 is 0 Å². The smallest absolute Gasteiger partial charge is 0.226 e. The molecule has 3 aliphatic rings. The van der Waals surface area contributed by atoms with Gasteiger partial charge in [0.05, 0.1) is 0 Å². The van der Waals surface area contributed by atoms with E-state index in [-0.39, 0.29) is 11.3 Å². The lowest BCUT2D eigenvalue weighted by atomic mass is 9.90. The van der Waals surface area contributed by atoms with Gasteiger partial charge in [-0.2, -0.15) is 0 Å². The third kappa shape index (κ3) is 4.61. The second kappa shape index (κ2) is 8.56. The summed E-state index contributed by atoms with van der Waals surface area (Å²) in [6, 6.07) is 10.2. The molecule has 1 saturated carbocycles. The minimum Gasteiger partial charge on any atom is -0.341 e. The molecule has 0 bridgehead atoms. The van der Waals surface area contributed by atoms with E-state index < -0.39 is 0 Å². The van der Waals surface area contributed by atoms with Crippen molar-refractivity contribution >= 4 is 23.6 Å². The van der Waals surface area contributed by atoms with Gasteiger partial charge in [-0.3, -0.25) is 9.69 Å². The number of amides is 1. The fourth-order valence-corrected chi connectivity index (χ4v) is 5.18. The number of hydrogen-bond donors (Lipinski definition) is 0.